The van der Waals surface area contributed by atoms with E-state index in [-0.39, 0.29) is 0 Å². The third kappa shape index (κ3) is 1.83. The highest BCUT2D eigenvalue weighted by molar-refractivity contribution is 6.31. The number of hydrogen-bond donors (Lipinski definition) is 1. The summed E-state index contributed by atoms with van der Waals surface area (Å²) in [7, 11) is 0. The van der Waals surface area contributed by atoms with Gasteiger partial charge in [-0.2, -0.15) is 0 Å². The average molecular weight is 259 g/mol. The Morgan fingerprint density at radius 2 is 2.00 bits per heavy atom. The van der Waals surface area contributed by atoms with E-state index >= 15 is 0 Å². The summed E-state index contributed by atoms with van der Waals surface area (Å²) < 4.78 is 5.70. The fourth-order valence-corrected chi connectivity index (χ4v) is 2.03. The summed E-state index contributed by atoms with van der Waals surface area (Å²) in [5, 5.41) is 0.627. The van der Waals surface area contributed by atoms with Gasteiger partial charge < -0.3 is 10.2 Å². The van der Waals surface area contributed by atoms with Crippen LogP contribution in [0.15, 0.2) is 40.8 Å². The minimum Gasteiger partial charge on any atom is -0.436 e. The Labute approximate surface area is 109 Å². The second-order valence-corrected chi connectivity index (χ2v) is 4.66. The molecule has 0 radical (unpaired) electrons. The van der Waals surface area contributed by atoms with Crippen LogP contribution >= 0.6 is 11.6 Å². The minimum atomic E-state index is 0.522. The number of oxazole rings is 1. The molecule has 0 unspecified atom stereocenters. The number of aromatic nitrogens is 1. The van der Waals surface area contributed by atoms with Gasteiger partial charge in [0.25, 0.3) is 0 Å². The molecule has 0 saturated heterocycles. The number of halogens is 1. The van der Waals surface area contributed by atoms with Gasteiger partial charge >= 0.3 is 0 Å². The Kier molecular flexibility index (Phi) is 2.49. The van der Waals surface area contributed by atoms with Crippen LogP contribution in [0.5, 0.6) is 0 Å². The Hall–Kier alpha value is -2.00. The van der Waals surface area contributed by atoms with Crippen LogP contribution in [0.3, 0.4) is 0 Å². The van der Waals surface area contributed by atoms with Crippen molar-refractivity contribution in [3.63, 3.8) is 0 Å². The number of hydrogen-bond acceptors (Lipinski definition) is 3. The molecule has 3 rings (SSSR count). The third-order valence-electron chi connectivity index (χ3n) is 2.79. The summed E-state index contributed by atoms with van der Waals surface area (Å²) in [6, 6.07) is 11.1. The van der Waals surface area contributed by atoms with Gasteiger partial charge in [0, 0.05) is 16.8 Å². The molecule has 1 aromatic heterocycles. The maximum absolute atomic E-state index is 5.95. The summed E-state index contributed by atoms with van der Waals surface area (Å²) in [5.74, 6) is 0.522. The van der Waals surface area contributed by atoms with Crippen molar-refractivity contribution in [2.45, 2.75) is 6.92 Å². The van der Waals surface area contributed by atoms with E-state index in [1.165, 1.54) is 0 Å². The molecule has 0 amide bonds. The number of rotatable bonds is 1. The van der Waals surface area contributed by atoms with Crippen molar-refractivity contribution in [3.8, 4) is 11.5 Å². The first-order valence-electron chi connectivity index (χ1n) is 5.56. The highest BCUT2D eigenvalue weighted by Crippen LogP contribution is 2.30. The van der Waals surface area contributed by atoms with Crippen LogP contribution in [0.4, 0.5) is 5.69 Å². The standard InChI is InChI=1S/C14H11ClN2O/c1-8-2-4-11(16)10(6-8)14-17-12-5-3-9(15)7-13(12)18-14/h2-7H,16H2,1H3. The largest absolute Gasteiger partial charge is 0.436 e. The number of nitrogens with two attached hydrogens (primary N) is 1. The number of nitrogen functional groups attached to an aromatic ring is 1. The maximum Gasteiger partial charge on any atom is 0.229 e. The predicted molar refractivity (Wildman–Crippen MR) is 73.6 cm³/mol. The molecule has 90 valence electrons. The Morgan fingerprint density at radius 3 is 2.83 bits per heavy atom. The summed E-state index contributed by atoms with van der Waals surface area (Å²) in [6.45, 7) is 2.00. The van der Waals surface area contributed by atoms with Crippen molar-refractivity contribution in [3.05, 3.63) is 47.0 Å². The molecule has 2 N–H and O–H groups in total. The molecule has 18 heavy (non-hydrogen) atoms. The molecule has 1 heterocycles. The lowest BCUT2D eigenvalue weighted by molar-refractivity contribution is 0.620. The average Bonchev–Trinajstić information content (AvgIpc) is 2.74. The molecule has 2 aromatic carbocycles. The van der Waals surface area contributed by atoms with Crippen molar-refractivity contribution < 1.29 is 4.42 Å². The van der Waals surface area contributed by atoms with E-state index < -0.39 is 0 Å². The fraction of sp³-hybridized carbons (Fsp3) is 0.0714. The van der Waals surface area contributed by atoms with Crippen LogP contribution in [0.2, 0.25) is 5.02 Å². The monoisotopic (exact) mass is 258 g/mol. The number of benzene rings is 2. The second-order valence-electron chi connectivity index (χ2n) is 4.22. The Bertz CT molecular complexity index is 734. The molecule has 3 nitrogen and oxygen atoms in total. The van der Waals surface area contributed by atoms with E-state index in [0.29, 0.717) is 22.2 Å². The van der Waals surface area contributed by atoms with Crippen LogP contribution in [0.1, 0.15) is 5.56 Å². The quantitative estimate of drug-likeness (QED) is 0.670. The molecule has 0 fully saturated rings. The number of nitrogens with zero attached hydrogens (tertiary/aromatic N) is 1. The van der Waals surface area contributed by atoms with Crippen molar-refractivity contribution in [2.75, 3.05) is 5.73 Å². The molecule has 3 aromatic rings. The van der Waals surface area contributed by atoms with E-state index in [2.05, 4.69) is 4.98 Å². The molecule has 0 aliphatic carbocycles. The van der Waals surface area contributed by atoms with Crippen LogP contribution in [0.25, 0.3) is 22.6 Å². The predicted octanol–water partition coefficient (Wildman–Crippen LogP) is 4.04. The smallest absolute Gasteiger partial charge is 0.229 e. The third-order valence-corrected chi connectivity index (χ3v) is 3.02. The van der Waals surface area contributed by atoms with Gasteiger partial charge in [-0.15, -0.1) is 0 Å². The first-order chi connectivity index (χ1) is 8.63. The van der Waals surface area contributed by atoms with Gasteiger partial charge in [0.05, 0.1) is 5.56 Å². The van der Waals surface area contributed by atoms with Gasteiger partial charge in [-0.05, 0) is 31.2 Å². The molecule has 0 atom stereocenters. The minimum absolute atomic E-state index is 0.522. The Morgan fingerprint density at radius 1 is 1.17 bits per heavy atom. The summed E-state index contributed by atoms with van der Waals surface area (Å²) in [4.78, 5) is 4.42. The van der Waals surface area contributed by atoms with Crippen molar-refractivity contribution in [1.82, 2.24) is 4.98 Å². The highest BCUT2D eigenvalue weighted by atomic mass is 35.5. The molecule has 0 spiro atoms. The van der Waals surface area contributed by atoms with Crippen molar-refractivity contribution in [2.24, 2.45) is 0 Å². The SMILES string of the molecule is Cc1ccc(N)c(-c2nc3ccc(Cl)cc3o2)c1. The van der Waals surface area contributed by atoms with Crippen molar-refractivity contribution >= 4 is 28.4 Å². The zero-order valence-electron chi connectivity index (χ0n) is 9.77. The first kappa shape index (κ1) is 11.1. The molecule has 0 aliphatic heterocycles. The molecule has 0 saturated carbocycles. The van der Waals surface area contributed by atoms with E-state index in [1.807, 2.05) is 31.2 Å². The van der Waals surface area contributed by atoms with E-state index in [0.717, 1.165) is 16.6 Å². The zero-order chi connectivity index (χ0) is 12.7. The summed E-state index contributed by atoms with van der Waals surface area (Å²) in [5.41, 5.74) is 9.96. The van der Waals surface area contributed by atoms with Gasteiger partial charge in [0.1, 0.15) is 5.52 Å². The number of fused-ring (bicyclic) bond motifs is 1. The first-order valence-corrected chi connectivity index (χ1v) is 5.94. The van der Waals surface area contributed by atoms with Crippen LogP contribution in [0, 0.1) is 6.92 Å². The molecule has 4 heteroatoms. The Balaban J connectivity index is 2.22. The van der Waals surface area contributed by atoms with Crippen molar-refractivity contribution in [1.29, 1.82) is 0 Å². The van der Waals surface area contributed by atoms with Gasteiger partial charge in [-0.25, -0.2) is 4.98 Å². The van der Waals surface area contributed by atoms with E-state index in [1.54, 1.807) is 12.1 Å². The lowest BCUT2D eigenvalue weighted by Crippen LogP contribution is -1.90. The molecular formula is C14H11ClN2O. The maximum atomic E-state index is 5.95. The second kappa shape index (κ2) is 4.03. The van der Waals surface area contributed by atoms with E-state index in [9.17, 15) is 0 Å². The summed E-state index contributed by atoms with van der Waals surface area (Å²) >= 11 is 5.92. The molecule has 0 bridgehead atoms. The molecular weight excluding hydrogens is 248 g/mol. The highest BCUT2D eigenvalue weighted by Gasteiger charge is 2.11. The lowest BCUT2D eigenvalue weighted by Gasteiger charge is -2.01. The number of anilines is 1. The summed E-state index contributed by atoms with van der Waals surface area (Å²) in [6.07, 6.45) is 0. The van der Waals surface area contributed by atoms with Gasteiger partial charge in [0.2, 0.25) is 5.89 Å². The lowest BCUT2D eigenvalue weighted by atomic mass is 10.1. The van der Waals surface area contributed by atoms with Crippen LogP contribution in [-0.2, 0) is 0 Å². The number of aryl methyl sites for hydroxylation is 1. The molecule has 0 aliphatic rings. The van der Waals surface area contributed by atoms with Gasteiger partial charge in [-0.1, -0.05) is 23.2 Å². The van der Waals surface area contributed by atoms with Gasteiger partial charge in [-0.3, -0.25) is 0 Å². The topological polar surface area (TPSA) is 52.0 Å². The fourth-order valence-electron chi connectivity index (χ4n) is 1.87. The van der Waals surface area contributed by atoms with Gasteiger partial charge in [0.15, 0.2) is 5.58 Å². The zero-order valence-corrected chi connectivity index (χ0v) is 10.5. The van der Waals surface area contributed by atoms with Crippen LogP contribution in [-0.4, -0.2) is 4.98 Å². The normalized spacial score (nSPS) is 11.0. The van der Waals surface area contributed by atoms with E-state index in [4.69, 9.17) is 21.8 Å². The van der Waals surface area contributed by atoms with Crippen LogP contribution < -0.4 is 5.73 Å².